The Morgan fingerprint density at radius 3 is 1.20 bits per heavy atom. The van der Waals surface area contributed by atoms with Gasteiger partial charge in [-0.2, -0.15) is 0 Å². The molecule has 0 amide bonds. The van der Waals surface area contributed by atoms with Crippen LogP contribution in [0, 0.1) is 0 Å². The van der Waals surface area contributed by atoms with Crippen molar-refractivity contribution in [3.05, 3.63) is 70.7 Å². The van der Waals surface area contributed by atoms with Crippen molar-refractivity contribution in [2.75, 3.05) is 10.6 Å². The smallest absolute Gasteiger partial charge is 0.303 e. The van der Waals surface area contributed by atoms with Crippen LogP contribution in [-0.2, 0) is 38.1 Å². The Bertz CT molecular complexity index is 1470. The highest BCUT2D eigenvalue weighted by molar-refractivity contribution is 7.15. The van der Waals surface area contributed by atoms with Gasteiger partial charge in [0, 0.05) is 39.1 Å². The van der Waals surface area contributed by atoms with Crippen LogP contribution in [0.1, 0.15) is 49.9 Å². The van der Waals surface area contributed by atoms with Crippen LogP contribution < -0.4 is 10.6 Å². The van der Waals surface area contributed by atoms with Gasteiger partial charge in [0.05, 0.1) is 0 Å². The van der Waals surface area contributed by atoms with Crippen LogP contribution in [0.5, 0.6) is 0 Å². The molecule has 0 radical (unpaired) electrons. The quantitative estimate of drug-likeness (QED) is 0.152. The average molecular weight is 641 g/mol. The molecule has 2 heterocycles. The maximum atomic E-state index is 12.4. The lowest BCUT2D eigenvalue weighted by atomic mass is 10.0. The first kappa shape index (κ1) is 32.0. The molecule has 4 aromatic rings. The number of nitrogens with zero attached hydrogens (tertiary/aromatic N) is 4. The van der Waals surface area contributed by atoms with Crippen LogP contribution in [0.4, 0.5) is 21.6 Å². The second-order valence-corrected chi connectivity index (χ2v) is 11.1. The Hall–Kier alpha value is -4.96. The summed E-state index contributed by atoms with van der Waals surface area (Å²) in [6.07, 6.45) is -5.98. The molecule has 2 aromatic heterocycles. The highest BCUT2D eigenvalue weighted by Crippen LogP contribution is 2.39. The molecule has 0 saturated heterocycles. The van der Waals surface area contributed by atoms with Crippen molar-refractivity contribution < 1.29 is 38.1 Å². The SMILES string of the molecule is CC(=O)OC(c1nnc(Nc2ccccc2)s1)C(OC(C)=O)C(OC(C)=O)C(OC(C)=O)c1nnc(Nc2ccccc2)s1. The molecule has 0 aliphatic rings. The van der Waals surface area contributed by atoms with E-state index in [2.05, 4.69) is 31.0 Å². The van der Waals surface area contributed by atoms with Crippen molar-refractivity contribution >= 4 is 68.2 Å². The zero-order chi connectivity index (χ0) is 31.6. The van der Waals surface area contributed by atoms with Gasteiger partial charge in [-0.25, -0.2) is 0 Å². The van der Waals surface area contributed by atoms with Crippen LogP contribution in [0.25, 0.3) is 0 Å². The number of aromatic nitrogens is 4. The predicted molar refractivity (Wildman–Crippen MR) is 159 cm³/mol. The van der Waals surface area contributed by atoms with Gasteiger partial charge in [0.25, 0.3) is 0 Å². The van der Waals surface area contributed by atoms with E-state index >= 15 is 0 Å². The van der Waals surface area contributed by atoms with Crippen LogP contribution in [0.3, 0.4) is 0 Å². The number of benzene rings is 2. The number of ether oxygens (including phenoxy) is 4. The lowest BCUT2D eigenvalue weighted by Gasteiger charge is -2.33. The number of anilines is 4. The fraction of sp³-hybridized carbons (Fsp3) is 0.286. The van der Waals surface area contributed by atoms with Gasteiger partial charge in [-0.05, 0) is 24.3 Å². The van der Waals surface area contributed by atoms with Gasteiger partial charge in [-0.15, -0.1) is 20.4 Å². The molecule has 16 heteroatoms. The molecule has 0 spiro atoms. The molecule has 0 aliphatic carbocycles. The molecule has 2 N–H and O–H groups in total. The van der Waals surface area contributed by atoms with E-state index in [1.807, 2.05) is 60.7 Å². The molecule has 4 atom stereocenters. The van der Waals surface area contributed by atoms with E-state index in [1.54, 1.807) is 0 Å². The molecule has 0 aliphatic heterocycles. The van der Waals surface area contributed by atoms with E-state index in [1.165, 1.54) is 0 Å². The fourth-order valence-corrected chi connectivity index (χ4v) is 5.61. The number of para-hydroxylation sites is 2. The van der Waals surface area contributed by atoms with Crippen molar-refractivity contribution in [1.29, 1.82) is 0 Å². The zero-order valence-corrected chi connectivity index (χ0v) is 25.6. The van der Waals surface area contributed by atoms with Gasteiger partial charge in [0.1, 0.15) is 0 Å². The monoisotopic (exact) mass is 640 g/mol. The van der Waals surface area contributed by atoms with Crippen LogP contribution in [0.2, 0.25) is 0 Å². The summed E-state index contributed by atoms with van der Waals surface area (Å²) in [6.45, 7) is 4.55. The molecule has 0 bridgehead atoms. The van der Waals surface area contributed by atoms with Crippen molar-refractivity contribution in [2.45, 2.75) is 52.1 Å². The standard InChI is InChI=1S/C28H28N6O8S2/c1-15(35)39-21(23(41-17(3)37)25-31-33-27(43-25)29-19-11-7-5-8-12-19)22(40-16(2)36)24(42-18(4)38)26-32-34-28(44-26)30-20-13-9-6-10-14-20/h5-14,21-24H,1-4H3,(H,29,33)(H,30,34). The molecule has 44 heavy (non-hydrogen) atoms. The molecular formula is C28H28N6O8S2. The summed E-state index contributed by atoms with van der Waals surface area (Å²) in [4.78, 5) is 49.4. The second kappa shape index (κ2) is 15.0. The Labute approximate surface area is 259 Å². The van der Waals surface area contributed by atoms with E-state index in [4.69, 9.17) is 18.9 Å². The molecule has 14 nitrogen and oxygen atoms in total. The van der Waals surface area contributed by atoms with E-state index in [0.29, 0.717) is 10.3 Å². The first-order valence-electron chi connectivity index (χ1n) is 13.1. The maximum Gasteiger partial charge on any atom is 0.303 e. The first-order valence-corrected chi connectivity index (χ1v) is 14.7. The summed E-state index contributed by atoms with van der Waals surface area (Å²) in [5.74, 6) is -3.12. The molecule has 2 aromatic carbocycles. The Morgan fingerprint density at radius 1 is 0.545 bits per heavy atom. The van der Waals surface area contributed by atoms with Gasteiger partial charge in [0.15, 0.2) is 34.4 Å². The highest BCUT2D eigenvalue weighted by Gasteiger charge is 2.47. The Kier molecular flexibility index (Phi) is 10.9. The highest BCUT2D eigenvalue weighted by atomic mass is 32.1. The largest absolute Gasteiger partial charge is 0.454 e. The summed E-state index contributed by atoms with van der Waals surface area (Å²) in [5.41, 5.74) is 1.44. The molecule has 230 valence electrons. The van der Waals surface area contributed by atoms with E-state index in [-0.39, 0.29) is 10.0 Å². The summed E-state index contributed by atoms with van der Waals surface area (Å²) >= 11 is 2.02. The summed E-state index contributed by atoms with van der Waals surface area (Å²) in [5, 5.41) is 23.6. The number of hydrogen-bond donors (Lipinski definition) is 2. The third-order valence-electron chi connectivity index (χ3n) is 5.53. The van der Waals surface area contributed by atoms with Crippen molar-refractivity contribution in [2.24, 2.45) is 0 Å². The number of carbonyl (C=O) groups excluding carboxylic acids is 4. The van der Waals surface area contributed by atoms with Gasteiger partial charge in [-0.1, -0.05) is 59.1 Å². The lowest BCUT2D eigenvalue weighted by Crippen LogP contribution is -2.45. The topological polar surface area (TPSA) is 181 Å². The van der Waals surface area contributed by atoms with Crippen LogP contribution in [0.15, 0.2) is 60.7 Å². The minimum Gasteiger partial charge on any atom is -0.454 e. The molecule has 4 unspecified atom stereocenters. The number of hydrogen-bond acceptors (Lipinski definition) is 16. The number of carbonyl (C=O) groups is 4. The molecule has 0 saturated carbocycles. The fourth-order valence-electron chi connectivity index (χ4n) is 3.95. The van der Waals surface area contributed by atoms with E-state index in [9.17, 15) is 19.2 Å². The van der Waals surface area contributed by atoms with E-state index < -0.39 is 48.3 Å². The van der Waals surface area contributed by atoms with Crippen molar-refractivity contribution in [3.63, 3.8) is 0 Å². The zero-order valence-electron chi connectivity index (χ0n) is 24.0. The minimum atomic E-state index is -1.56. The summed E-state index contributed by atoms with van der Waals surface area (Å²) < 4.78 is 22.4. The third-order valence-corrected chi connectivity index (χ3v) is 7.33. The maximum absolute atomic E-state index is 12.4. The van der Waals surface area contributed by atoms with Gasteiger partial charge in [0.2, 0.25) is 10.3 Å². The minimum absolute atomic E-state index is 0.104. The van der Waals surface area contributed by atoms with Gasteiger partial charge < -0.3 is 29.6 Å². The summed E-state index contributed by atoms with van der Waals surface area (Å²) in [7, 11) is 0. The van der Waals surface area contributed by atoms with Crippen molar-refractivity contribution in [1.82, 2.24) is 20.4 Å². The predicted octanol–water partition coefficient (Wildman–Crippen LogP) is 4.65. The Morgan fingerprint density at radius 2 is 0.886 bits per heavy atom. The lowest BCUT2D eigenvalue weighted by molar-refractivity contribution is -0.200. The van der Waals surface area contributed by atoms with Crippen molar-refractivity contribution in [3.8, 4) is 0 Å². The number of nitrogens with one attached hydrogen (secondary N) is 2. The van der Waals surface area contributed by atoms with Gasteiger partial charge in [-0.3, -0.25) is 19.2 Å². The normalized spacial score (nSPS) is 13.5. The Balaban J connectivity index is 1.75. The van der Waals surface area contributed by atoms with Gasteiger partial charge >= 0.3 is 23.9 Å². The second-order valence-electron chi connectivity index (χ2n) is 9.08. The third kappa shape index (κ3) is 9.02. The van der Waals surface area contributed by atoms with Crippen LogP contribution >= 0.6 is 22.7 Å². The molecule has 0 fully saturated rings. The molecular weight excluding hydrogens is 612 g/mol. The first-order chi connectivity index (χ1) is 21.1. The van der Waals surface area contributed by atoms with Crippen LogP contribution in [-0.4, -0.2) is 56.5 Å². The number of esters is 4. The molecule has 4 rings (SSSR count). The average Bonchev–Trinajstić information content (AvgIpc) is 3.63. The summed E-state index contributed by atoms with van der Waals surface area (Å²) in [6, 6.07) is 18.3. The van der Waals surface area contributed by atoms with E-state index in [0.717, 1.165) is 61.7 Å². The number of rotatable bonds is 13.